The highest BCUT2D eigenvalue weighted by atomic mass is 32.2. The fraction of sp³-hybridized carbons (Fsp3) is 0.278. The van der Waals surface area contributed by atoms with Crippen molar-refractivity contribution in [3.63, 3.8) is 0 Å². The largest absolute Gasteiger partial charge is 0.494 e. The molecule has 0 aliphatic rings. The molecule has 0 saturated heterocycles. The number of nitrogens with one attached hydrogen (secondary N) is 1. The number of thiocarbonyl (C=S) groups is 1. The van der Waals surface area contributed by atoms with Crippen LogP contribution in [0.25, 0.3) is 0 Å². The highest BCUT2D eigenvalue weighted by Crippen LogP contribution is 2.22. The van der Waals surface area contributed by atoms with Crippen LogP contribution in [-0.2, 0) is 10.0 Å². The summed E-state index contributed by atoms with van der Waals surface area (Å²) < 4.78 is 28.1. The van der Waals surface area contributed by atoms with E-state index in [1.165, 1.54) is 12.1 Å². The summed E-state index contributed by atoms with van der Waals surface area (Å²) in [5, 5.41) is 8.86. The number of sulfonamides is 1. The van der Waals surface area contributed by atoms with Gasteiger partial charge in [0.2, 0.25) is 10.0 Å². The Balaban J connectivity index is 2.04. The smallest absolute Gasteiger partial charge is 0.238 e. The Morgan fingerprint density at radius 1 is 1.19 bits per heavy atom. The van der Waals surface area contributed by atoms with E-state index in [-0.39, 0.29) is 10.9 Å². The van der Waals surface area contributed by atoms with Crippen molar-refractivity contribution in [2.75, 3.05) is 19.0 Å². The normalized spacial score (nSPS) is 12.3. The van der Waals surface area contributed by atoms with Gasteiger partial charge >= 0.3 is 0 Å². The van der Waals surface area contributed by atoms with Gasteiger partial charge in [-0.05, 0) is 68.0 Å². The van der Waals surface area contributed by atoms with Crippen LogP contribution in [-0.4, -0.2) is 32.1 Å². The molecule has 2 aromatic rings. The fourth-order valence-corrected chi connectivity index (χ4v) is 3.14. The molecule has 2 aromatic carbocycles. The zero-order chi connectivity index (χ0) is 19.3. The van der Waals surface area contributed by atoms with Gasteiger partial charge in [-0.1, -0.05) is 12.1 Å². The molecule has 3 N–H and O–H groups in total. The SMILES string of the molecule is CCOc1ccc(NC(=S)N(C)[C@H](C)c2ccc(S(N)(=O)=O)cc2)cc1. The molecule has 0 aromatic heterocycles. The maximum atomic E-state index is 11.4. The van der Waals surface area contributed by atoms with Crippen LogP contribution in [0, 0.1) is 0 Å². The molecule has 6 nitrogen and oxygen atoms in total. The van der Waals surface area contributed by atoms with Gasteiger partial charge in [0.05, 0.1) is 17.5 Å². The summed E-state index contributed by atoms with van der Waals surface area (Å²) in [5.41, 5.74) is 1.79. The van der Waals surface area contributed by atoms with Crippen LogP contribution in [0.3, 0.4) is 0 Å². The van der Waals surface area contributed by atoms with Gasteiger partial charge in [0, 0.05) is 12.7 Å². The Labute approximate surface area is 160 Å². The van der Waals surface area contributed by atoms with Crippen molar-refractivity contribution in [2.24, 2.45) is 5.14 Å². The van der Waals surface area contributed by atoms with Crippen LogP contribution in [0.1, 0.15) is 25.5 Å². The molecule has 2 rings (SSSR count). The Bertz CT molecular complexity index is 850. The summed E-state index contributed by atoms with van der Waals surface area (Å²) in [6.45, 7) is 4.54. The molecule has 1 atom stereocenters. The first-order chi connectivity index (χ1) is 12.2. The van der Waals surface area contributed by atoms with Crippen molar-refractivity contribution in [1.29, 1.82) is 0 Å². The van der Waals surface area contributed by atoms with Crippen molar-refractivity contribution in [3.8, 4) is 5.75 Å². The average Bonchev–Trinajstić information content (AvgIpc) is 2.61. The van der Waals surface area contributed by atoms with E-state index < -0.39 is 10.0 Å². The first-order valence-electron chi connectivity index (χ1n) is 8.11. The van der Waals surface area contributed by atoms with Gasteiger partial charge in [-0.15, -0.1) is 0 Å². The minimum atomic E-state index is -3.69. The number of anilines is 1. The van der Waals surface area contributed by atoms with E-state index in [0.717, 1.165) is 17.0 Å². The Morgan fingerprint density at radius 2 is 1.77 bits per heavy atom. The number of benzene rings is 2. The number of hydrogen-bond acceptors (Lipinski definition) is 4. The molecule has 8 heteroatoms. The highest BCUT2D eigenvalue weighted by Gasteiger charge is 2.16. The molecule has 0 fully saturated rings. The predicted octanol–water partition coefficient (Wildman–Crippen LogP) is 3.12. The second-order valence-electron chi connectivity index (χ2n) is 5.79. The van der Waals surface area contributed by atoms with Crippen LogP contribution < -0.4 is 15.2 Å². The average molecular weight is 394 g/mol. The second kappa shape index (κ2) is 8.48. The number of ether oxygens (including phenoxy) is 1. The predicted molar refractivity (Wildman–Crippen MR) is 108 cm³/mol. The monoisotopic (exact) mass is 393 g/mol. The molecule has 0 saturated carbocycles. The van der Waals surface area contributed by atoms with Gasteiger partial charge in [0.15, 0.2) is 5.11 Å². The lowest BCUT2D eigenvalue weighted by molar-refractivity contribution is 0.340. The second-order valence-corrected chi connectivity index (χ2v) is 7.74. The molecule has 26 heavy (non-hydrogen) atoms. The topological polar surface area (TPSA) is 84.7 Å². The van der Waals surface area contributed by atoms with E-state index in [2.05, 4.69) is 5.32 Å². The van der Waals surface area contributed by atoms with Crippen molar-refractivity contribution >= 4 is 33.0 Å². The van der Waals surface area contributed by atoms with Crippen molar-refractivity contribution < 1.29 is 13.2 Å². The Morgan fingerprint density at radius 3 is 2.27 bits per heavy atom. The molecule has 0 unspecified atom stereocenters. The summed E-state index contributed by atoms with van der Waals surface area (Å²) >= 11 is 5.47. The fourth-order valence-electron chi connectivity index (χ4n) is 2.35. The van der Waals surface area contributed by atoms with Gasteiger partial charge in [0.25, 0.3) is 0 Å². The number of nitrogens with zero attached hydrogens (tertiary/aromatic N) is 1. The van der Waals surface area contributed by atoms with Gasteiger partial charge in [-0.3, -0.25) is 0 Å². The quantitative estimate of drug-likeness (QED) is 0.734. The van der Waals surface area contributed by atoms with Crippen molar-refractivity contribution in [2.45, 2.75) is 24.8 Å². The molecule has 0 heterocycles. The first kappa shape index (κ1) is 20.2. The lowest BCUT2D eigenvalue weighted by Gasteiger charge is -2.28. The van der Waals surface area contributed by atoms with E-state index in [1.54, 1.807) is 12.1 Å². The molecule has 140 valence electrons. The summed E-state index contributed by atoms with van der Waals surface area (Å²) in [6, 6.07) is 14.0. The van der Waals surface area contributed by atoms with Gasteiger partial charge in [0.1, 0.15) is 5.75 Å². The van der Waals surface area contributed by atoms with Crippen molar-refractivity contribution in [1.82, 2.24) is 4.90 Å². The Hall–Kier alpha value is -2.16. The highest BCUT2D eigenvalue weighted by molar-refractivity contribution is 7.89. The van der Waals surface area contributed by atoms with E-state index in [4.69, 9.17) is 22.1 Å². The lowest BCUT2D eigenvalue weighted by Crippen LogP contribution is -2.33. The zero-order valence-electron chi connectivity index (χ0n) is 15.0. The van der Waals surface area contributed by atoms with Crippen LogP contribution in [0.15, 0.2) is 53.4 Å². The molecule has 0 aliphatic carbocycles. The standard InChI is InChI=1S/C18H23N3O3S2/c1-4-24-16-9-7-15(8-10-16)20-18(25)21(3)13(2)14-5-11-17(12-6-14)26(19,22)23/h5-13H,4H2,1-3H3,(H,20,25)(H2,19,22,23)/t13-/m1/s1. The molecule has 0 spiro atoms. The van der Waals surface area contributed by atoms with Crippen LogP contribution in [0.2, 0.25) is 0 Å². The van der Waals surface area contributed by atoms with E-state index >= 15 is 0 Å². The Kier molecular flexibility index (Phi) is 6.57. The molecule has 0 radical (unpaired) electrons. The van der Waals surface area contributed by atoms with Gasteiger partial charge in [-0.2, -0.15) is 0 Å². The van der Waals surface area contributed by atoms with Crippen LogP contribution >= 0.6 is 12.2 Å². The van der Waals surface area contributed by atoms with Crippen molar-refractivity contribution in [3.05, 3.63) is 54.1 Å². The maximum Gasteiger partial charge on any atom is 0.238 e. The minimum Gasteiger partial charge on any atom is -0.494 e. The molecule has 0 aliphatic heterocycles. The molecular weight excluding hydrogens is 370 g/mol. The van der Waals surface area contributed by atoms with Gasteiger partial charge < -0.3 is 15.0 Å². The lowest BCUT2D eigenvalue weighted by atomic mass is 10.1. The number of rotatable bonds is 6. The van der Waals surface area contributed by atoms with Gasteiger partial charge in [-0.25, -0.2) is 13.6 Å². The molecule has 0 bridgehead atoms. The first-order valence-corrected chi connectivity index (χ1v) is 10.1. The summed E-state index contributed by atoms with van der Waals surface area (Å²) in [5.74, 6) is 0.806. The molecular formula is C18H23N3O3S2. The van der Waals surface area contributed by atoms with E-state index in [1.807, 2.05) is 50.1 Å². The van der Waals surface area contributed by atoms with E-state index in [0.29, 0.717) is 11.7 Å². The summed E-state index contributed by atoms with van der Waals surface area (Å²) in [4.78, 5) is 1.99. The summed E-state index contributed by atoms with van der Waals surface area (Å²) in [7, 11) is -1.82. The summed E-state index contributed by atoms with van der Waals surface area (Å²) in [6.07, 6.45) is 0. The third-order valence-corrected chi connectivity index (χ3v) is 5.33. The maximum absolute atomic E-state index is 11.4. The third-order valence-electron chi connectivity index (χ3n) is 4.01. The zero-order valence-corrected chi connectivity index (χ0v) is 16.6. The van der Waals surface area contributed by atoms with Crippen LogP contribution in [0.5, 0.6) is 5.75 Å². The van der Waals surface area contributed by atoms with Crippen LogP contribution in [0.4, 0.5) is 5.69 Å². The number of primary sulfonamides is 1. The number of nitrogens with two attached hydrogens (primary N) is 1. The minimum absolute atomic E-state index is 0.0489. The third kappa shape index (κ3) is 5.17. The van der Waals surface area contributed by atoms with E-state index in [9.17, 15) is 8.42 Å². The number of hydrogen-bond donors (Lipinski definition) is 2. The molecule has 0 amide bonds.